The Morgan fingerprint density at radius 2 is 1.88 bits per heavy atom. The van der Waals surface area contributed by atoms with Crippen LogP contribution in [0.4, 0.5) is 5.69 Å². The Labute approximate surface area is 137 Å². The third kappa shape index (κ3) is 4.04. The van der Waals surface area contributed by atoms with E-state index < -0.39 is 11.9 Å². The molecule has 2 aromatic carbocycles. The molecule has 0 atom stereocenters. The lowest BCUT2D eigenvalue weighted by molar-refractivity contribution is -0.111. The molecule has 0 aromatic heterocycles. The minimum absolute atomic E-state index is 0.0625. The highest BCUT2D eigenvalue weighted by Crippen LogP contribution is 2.26. The molecule has 7 nitrogen and oxygen atoms in total. The second-order valence-electron chi connectivity index (χ2n) is 4.79. The molecule has 0 aliphatic carbocycles. The fraction of sp³-hybridized carbons (Fsp3) is 0.0588. The highest BCUT2D eigenvalue weighted by molar-refractivity contribution is 6.06. The van der Waals surface area contributed by atoms with Crippen molar-refractivity contribution in [2.24, 2.45) is 0 Å². The molecule has 2 rings (SSSR count). The summed E-state index contributed by atoms with van der Waals surface area (Å²) in [4.78, 5) is 23.0. The van der Waals surface area contributed by atoms with Gasteiger partial charge in [0, 0.05) is 6.08 Å². The maximum absolute atomic E-state index is 11.9. The number of phenols is 2. The molecule has 24 heavy (non-hydrogen) atoms. The van der Waals surface area contributed by atoms with E-state index in [1.54, 1.807) is 12.1 Å². The number of anilines is 1. The highest BCUT2D eigenvalue weighted by atomic mass is 16.5. The van der Waals surface area contributed by atoms with Crippen LogP contribution in [0.25, 0.3) is 6.08 Å². The molecule has 0 saturated carbocycles. The topological polar surface area (TPSA) is 116 Å². The number of hydrogen-bond acceptors (Lipinski definition) is 5. The number of rotatable bonds is 5. The van der Waals surface area contributed by atoms with Crippen LogP contribution in [-0.4, -0.2) is 34.3 Å². The van der Waals surface area contributed by atoms with Gasteiger partial charge in [-0.15, -0.1) is 0 Å². The number of carbonyl (C=O) groups excluding carboxylic acids is 1. The van der Waals surface area contributed by atoms with Crippen LogP contribution in [0.15, 0.2) is 42.5 Å². The van der Waals surface area contributed by atoms with Crippen LogP contribution in [0.5, 0.6) is 17.2 Å². The summed E-state index contributed by atoms with van der Waals surface area (Å²) >= 11 is 0. The SMILES string of the molecule is COc1ccc(/C=C/C(=O)Nc2ccc(O)cc2C(=O)O)cc1O. The minimum atomic E-state index is -1.27. The summed E-state index contributed by atoms with van der Waals surface area (Å²) in [5.74, 6) is -1.79. The first kappa shape index (κ1) is 16.9. The van der Waals surface area contributed by atoms with Gasteiger partial charge < -0.3 is 25.4 Å². The van der Waals surface area contributed by atoms with E-state index in [2.05, 4.69) is 5.32 Å². The van der Waals surface area contributed by atoms with E-state index in [1.807, 2.05) is 0 Å². The van der Waals surface area contributed by atoms with Crippen molar-refractivity contribution in [3.8, 4) is 17.2 Å². The number of carbonyl (C=O) groups is 2. The first-order valence-corrected chi connectivity index (χ1v) is 6.83. The maximum atomic E-state index is 11.9. The summed E-state index contributed by atoms with van der Waals surface area (Å²) in [6.07, 6.45) is 2.65. The highest BCUT2D eigenvalue weighted by Gasteiger charge is 2.12. The molecule has 0 radical (unpaired) electrons. The molecule has 124 valence electrons. The van der Waals surface area contributed by atoms with E-state index in [-0.39, 0.29) is 22.7 Å². The average Bonchev–Trinajstić information content (AvgIpc) is 2.54. The average molecular weight is 329 g/mol. The van der Waals surface area contributed by atoms with Crippen molar-refractivity contribution in [1.29, 1.82) is 0 Å². The summed E-state index contributed by atoms with van der Waals surface area (Å²) in [6.45, 7) is 0. The van der Waals surface area contributed by atoms with Crippen molar-refractivity contribution in [2.45, 2.75) is 0 Å². The Kier molecular flexibility index (Phi) is 5.06. The summed E-state index contributed by atoms with van der Waals surface area (Å²) in [6, 6.07) is 8.23. The summed E-state index contributed by atoms with van der Waals surface area (Å²) in [5.41, 5.74) is 0.402. The van der Waals surface area contributed by atoms with Crippen LogP contribution in [0.2, 0.25) is 0 Å². The molecule has 0 bridgehead atoms. The molecular weight excluding hydrogens is 314 g/mol. The lowest BCUT2D eigenvalue weighted by atomic mass is 10.1. The minimum Gasteiger partial charge on any atom is -0.508 e. The molecule has 0 saturated heterocycles. The van der Waals surface area contributed by atoms with Gasteiger partial charge in [0.15, 0.2) is 11.5 Å². The number of aromatic hydroxyl groups is 2. The Balaban J connectivity index is 2.14. The van der Waals surface area contributed by atoms with Crippen molar-refractivity contribution in [3.63, 3.8) is 0 Å². The Bertz CT molecular complexity index is 813. The van der Waals surface area contributed by atoms with Crippen molar-refractivity contribution in [2.75, 3.05) is 12.4 Å². The smallest absolute Gasteiger partial charge is 0.337 e. The van der Waals surface area contributed by atoms with E-state index in [4.69, 9.17) is 9.84 Å². The number of amides is 1. The zero-order valence-electron chi connectivity index (χ0n) is 12.7. The van der Waals surface area contributed by atoms with Crippen LogP contribution in [0, 0.1) is 0 Å². The van der Waals surface area contributed by atoms with Crippen LogP contribution in [0.3, 0.4) is 0 Å². The van der Waals surface area contributed by atoms with Crippen LogP contribution >= 0.6 is 0 Å². The van der Waals surface area contributed by atoms with Gasteiger partial charge in [-0.25, -0.2) is 4.79 Å². The Hall–Kier alpha value is -3.48. The molecule has 0 unspecified atom stereocenters. The molecule has 0 aliphatic rings. The van der Waals surface area contributed by atoms with E-state index in [0.717, 1.165) is 6.07 Å². The Morgan fingerprint density at radius 3 is 2.50 bits per heavy atom. The van der Waals surface area contributed by atoms with Crippen LogP contribution < -0.4 is 10.1 Å². The molecule has 0 aliphatic heterocycles. The van der Waals surface area contributed by atoms with Gasteiger partial charge in [-0.2, -0.15) is 0 Å². The van der Waals surface area contributed by atoms with Gasteiger partial charge in [0.1, 0.15) is 5.75 Å². The van der Waals surface area contributed by atoms with E-state index >= 15 is 0 Å². The molecule has 4 N–H and O–H groups in total. The molecule has 0 spiro atoms. The molecule has 7 heteroatoms. The van der Waals surface area contributed by atoms with Crippen molar-refractivity contribution < 1.29 is 29.6 Å². The van der Waals surface area contributed by atoms with Crippen molar-refractivity contribution in [1.82, 2.24) is 0 Å². The number of carboxylic acid groups (broad SMARTS) is 1. The number of hydrogen-bond donors (Lipinski definition) is 4. The summed E-state index contributed by atoms with van der Waals surface area (Å²) in [5, 5.41) is 30.5. The fourth-order valence-electron chi connectivity index (χ4n) is 1.98. The molecule has 2 aromatic rings. The van der Waals surface area contributed by atoms with E-state index in [1.165, 1.54) is 37.5 Å². The molecular formula is C17H15NO6. The molecule has 0 fully saturated rings. The van der Waals surface area contributed by atoms with Crippen molar-refractivity contribution in [3.05, 3.63) is 53.6 Å². The Morgan fingerprint density at radius 1 is 1.12 bits per heavy atom. The quantitative estimate of drug-likeness (QED) is 0.494. The van der Waals surface area contributed by atoms with Gasteiger partial charge in [0.25, 0.3) is 0 Å². The fourth-order valence-corrected chi connectivity index (χ4v) is 1.98. The number of ether oxygens (including phenoxy) is 1. The molecule has 1 amide bonds. The number of methoxy groups -OCH3 is 1. The third-order valence-corrected chi connectivity index (χ3v) is 3.12. The van der Waals surface area contributed by atoms with E-state index in [0.29, 0.717) is 11.3 Å². The van der Waals surface area contributed by atoms with Crippen molar-refractivity contribution >= 4 is 23.6 Å². The van der Waals surface area contributed by atoms with E-state index in [9.17, 15) is 19.8 Å². The monoisotopic (exact) mass is 329 g/mol. The second-order valence-corrected chi connectivity index (χ2v) is 4.79. The van der Waals surface area contributed by atoms with Gasteiger partial charge in [0.2, 0.25) is 5.91 Å². The van der Waals surface area contributed by atoms with Crippen LogP contribution in [0.1, 0.15) is 15.9 Å². The van der Waals surface area contributed by atoms with Gasteiger partial charge in [0.05, 0.1) is 18.4 Å². The summed E-state index contributed by atoms with van der Waals surface area (Å²) < 4.78 is 4.92. The number of carboxylic acids is 1. The number of phenolic OH excluding ortho intramolecular Hbond substituents is 2. The predicted octanol–water partition coefficient (Wildman–Crippen LogP) is 2.46. The van der Waals surface area contributed by atoms with Gasteiger partial charge in [-0.1, -0.05) is 6.07 Å². The lowest BCUT2D eigenvalue weighted by Gasteiger charge is -2.07. The third-order valence-electron chi connectivity index (χ3n) is 3.12. The summed E-state index contributed by atoms with van der Waals surface area (Å²) in [7, 11) is 1.43. The first-order valence-electron chi connectivity index (χ1n) is 6.83. The normalized spacial score (nSPS) is 10.5. The number of benzene rings is 2. The predicted molar refractivity (Wildman–Crippen MR) is 87.4 cm³/mol. The zero-order chi connectivity index (χ0) is 17.7. The largest absolute Gasteiger partial charge is 0.508 e. The maximum Gasteiger partial charge on any atom is 0.337 e. The molecule has 0 heterocycles. The zero-order valence-corrected chi connectivity index (χ0v) is 12.7. The standard InChI is InChI=1S/C17H15NO6/c1-24-15-6-2-10(8-14(15)20)3-7-16(21)18-13-5-4-11(19)9-12(13)17(22)23/h2-9,19-20H,1H3,(H,18,21)(H,22,23)/b7-3+. The second kappa shape index (κ2) is 7.19. The van der Waals surface area contributed by atoms with Gasteiger partial charge in [-0.3, -0.25) is 4.79 Å². The first-order chi connectivity index (χ1) is 11.4. The lowest BCUT2D eigenvalue weighted by Crippen LogP contribution is -2.11. The van der Waals surface area contributed by atoms with Gasteiger partial charge >= 0.3 is 5.97 Å². The number of aromatic carboxylic acids is 1. The number of nitrogens with one attached hydrogen (secondary N) is 1. The van der Waals surface area contributed by atoms with Crippen LogP contribution in [-0.2, 0) is 4.79 Å². The van der Waals surface area contributed by atoms with Gasteiger partial charge in [-0.05, 0) is 42.0 Å².